The average Bonchev–Trinajstić information content (AvgIpc) is 2.85. The number of rotatable bonds is 4. The zero-order valence-electron chi connectivity index (χ0n) is 27.3. The number of aliphatic hydroxyl groups is 1. The van der Waals surface area contributed by atoms with Crippen molar-refractivity contribution in [3.05, 3.63) is 88.7 Å². The fourth-order valence-electron chi connectivity index (χ4n) is 5.07. The number of ketones is 1. The van der Waals surface area contributed by atoms with Crippen molar-refractivity contribution in [1.29, 1.82) is 0 Å². The first-order valence-corrected chi connectivity index (χ1v) is 14.6. The average molecular weight is 783 g/mol. The predicted molar refractivity (Wildman–Crippen MR) is 171 cm³/mol. The number of pyridine rings is 1. The summed E-state index contributed by atoms with van der Waals surface area (Å²) >= 11 is 0. The van der Waals surface area contributed by atoms with Crippen LogP contribution in [0.2, 0.25) is 0 Å². The van der Waals surface area contributed by atoms with E-state index < -0.39 is 23.6 Å². The predicted octanol–water partition coefficient (Wildman–Crippen LogP) is 10.6. The number of aliphatic hydroxyl groups excluding tert-OH is 1. The minimum absolute atomic E-state index is 0. The fourth-order valence-corrected chi connectivity index (χ4v) is 5.07. The van der Waals surface area contributed by atoms with Crippen LogP contribution in [0.3, 0.4) is 0 Å². The summed E-state index contributed by atoms with van der Waals surface area (Å²) in [6.07, 6.45) is -3.61. The first-order valence-electron chi connectivity index (χ1n) is 14.6. The van der Waals surface area contributed by atoms with Crippen molar-refractivity contribution in [1.82, 2.24) is 4.98 Å². The SMILES string of the molecule is CC(C)C(=O)/C=C(\O)C(F)(F)F.Cc1cc(C)c2c(CC(C)(C)C)cc(-c3[c-]c4ccccc4c(C(C)(C)C)c3)nc2c1.[Ir]. The van der Waals surface area contributed by atoms with Crippen molar-refractivity contribution >= 4 is 27.5 Å². The second-order valence-electron chi connectivity index (χ2n) is 13.9. The molecule has 0 unspecified atom stereocenters. The van der Waals surface area contributed by atoms with Crippen molar-refractivity contribution in [2.45, 2.75) is 87.2 Å². The molecule has 0 spiro atoms. The fraction of sp³-hybridized carbons (Fsp3) is 0.405. The molecule has 0 fully saturated rings. The van der Waals surface area contributed by atoms with E-state index in [1.54, 1.807) is 0 Å². The molecule has 1 radical (unpaired) electrons. The van der Waals surface area contributed by atoms with Crippen LogP contribution in [0, 0.1) is 31.2 Å². The maximum absolute atomic E-state index is 11.6. The second kappa shape index (κ2) is 14.0. The molecule has 0 saturated heterocycles. The Balaban J connectivity index is 0.000000444. The number of aromatic nitrogens is 1. The number of carbonyl (C=O) groups is 1. The number of fused-ring (bicyclic) bond motifs is 2. The molecule has 0 aliphatic heterocycles. The van der Waals surface area contributed by atoms with Gasteiger partial charge in [0, 0.05) is 43.2 Å². The molecule has 7 heteroatoms. The van der Waals surface area contributed by atoms with Gasteiger partial charge in [-0.05, 0) is 53.9 Å². The zero-order valence-corrected chi connectivity index (χ0v) is 29.6. The Labute approximate surface area is 273 Å². The molecule has 3 aromatic carbocycles. The third kappa shape index (κ3) is 9.49. The molecule has 239 valence electrons. The molecule has 0 aliphatic rings. The molecular weight excluding hydrogens is 740 g/mol. The summed E-state index contributed by atoms with van der Waals surface area (Å²) in [7, 11) is 0. The zero-order chi connectivity index (χ0) is 32.5. The van der Waals surface area contributed by atoms with Gasteiger partial charge in [-0.15, -0.1) is 29.1 Å². The van der Waals surface area contributed by atoms with E-state index in [0.717, 1.165) is 28.6 Å². The summed E-state index contributed by atoms with van der Waals surface area (Å²) in [4.78, 5) is 15.8. The minimum Gasteiger partial charge on any atom is -0.504 e. The monoisotopic (exact) mass is 783 g/mol. The van der Waals surface area contributed by atoms with E-state index in [2.05, 4.69) is 110 Å². The number of carbonyl (C=O) groups excluding carboxylic acids is 1. The van der Waals surface area contributed by atoms with Gasteiger partial charge < -0.3 is 5.11 Å². The summed E-state index contributed by atoms with van der Waals surface area (Å²) in [5.41, 5.74) is 8.73. The largest absolute Gasteiger partial charge is 0.504 e. The Morgan fingerprint density at radius 1 is 0.977 bits per heavy atom. The number of hydrogen-bond acceptors (Lipinski definition) is 3. The molecule has 1 heterocycles. The van der Waals surface area contributed by atoms with Crippen molar-refractivity contribution in [2.75, 3.05) is 0 Å². The Bertz CT molecular complexity index is 1670. The van der Waals surface area contributed by atoms with Gasteiger partial charge in [0.05, 0.1) is 5.52 Å². The van der Waals surface area contributed by atoms with Gasteiger partial charge in [-0.25, -0.2) is 0 Å². The number of alkyl halides is 3. The third-order valence-electron chi connectivity index (χ3n) is 7.05. The molecule has 4 rings (SSSR count). The quantitative estimate of drug-likeness (QED) is 0.127. The second-order valence-corrected chi connectivity index (χ2v) is 13.9. The molecule has 1 aromatic heterocycles. The van der Waals surface area contributed by atoms with Crippen molar-refractivity contribution in [3.8, 4) is 11.3 Å². The third-order valence-corrected chi connectivity index (χ3v) is 7.05. The molecule has 0 amide bonds. The maximum atomic E-state index is 11.6. The summed E-state index contributed by atoms with van der Waals surface area (Å²) in [5.74, 6) is -3.14. The molecule has 1 N–H and O–H groups in total. The first kappa shape index (κ1) is 37.2. The van der Waals surface area contributed by atoms with E-state index >= 15 is 0 Å². The molecule has 0 bridgehead atoms. The van der Waals surface area contributed by atoms with Gasteiger partial charge in [-0.3, -0.25) is 9.78 Å². The molecule has 0 saturated carbocycles. The summed E-state index contributed by atoms with van der Waals surface area (Å²) < 4.78 is 34.8. The molecular formula is C37H43F3IrNO2-. The molecule has 3 nitrogen and oxygen atoms in total. The standard InChI is InChI=1S/C30H34N.C7H9F3O2.Ir/c1-19-13-20(2)28-23(18-29(3,4)5)17-26(31-27(28)14-19)22-15-21-11-9-10-12-24(21)25(16-22)30(6,7)8;1-4(2)5(11)3-6(12)7(8,9)10;/h9-14,16-17H,18H2,1-8H3;3-4,12H,1-2H3;/q-1;;/b;6-3-;. The van der Waals surface area contributed by atoms with Gasteiger partial charge in [0.1, 0.15) is 0 Å². The van der Waals surface area contributed by atoms with Crippen molar-refractivity contribution in [2.24, 2.45) is 11.3 Å². The van der Waals surface area contributed by atoms with Crippen LogP contribution in [0.5, 0.6) is 0 Å². The van der Waals surface area contributed by atoms with Gasteiger partial charge in [-0.1, -0.05) is 96.7 Å². The van der Waals surface area contributed by atoms with Crippen LogP contribution < -0.4 is 0 Å². The molecule has 4 aromatic rings. The molecule has 0 atom stereocenters. The smallest absolute Gasteiger partial charge is 0.448 e. The van der Waals surface area contributed by atoms with E-state index in [1.165, 1.54) is 46.9 Å². The van der Waals surface area contributed by atoms with Gasteiger partial charge >= 0.3 is 6.18 Å². The van der Waals surface area contributed by atoms with Crippen LogP contribution in [-0.2, 0) is 36.7 Å². The Hall–Kier alpha value is -3.02. The van der Waals surface area contributed by atoms with Crippen molar-refractivity contribution < 1.29 is 43.2 Å². The number of hydrogen-bond donors (Lipinski definition) is 1. The topological polar surface area (TPSA) is 50.2 Å². The van der Waals surface area contributed by atoms with E-state index in [4.69, 9.17) is 10.1 Å². The summed E-state index contributed by atoms with van der Waals surface area (Å²) in [6, 6.07) is 21.4. The van der Waals surface area contributed by atoms with Crippen LogP contribution >= 0.6 is 0 Å². The van der Waals surface area contributed by atoms with Crippen molar-refractivity contribution in [3.63, 3.8) is 0 Å². The van der Waals surface area contributed by atoms with Gasteiger partial charge in [-0.2, -0.15) is 13.2 Å². The van der Waals surface area contributed by atoms with Crippen LogP contribution in [0.15, 0.2) is 60.4 Å². The summed E-state index contributed by atoms with van der Waals surface area (Å²) in [5, 5.41) is 12.1. The number of halogens is 3. The number of benzene rings is 3. The molecule has 44 heavy (non-hydrogen) atoms. The summed E-state index contributed by atoms with van der Waals surface area (Å²) in [6.45, 7) is 21.0. The van der Waals surface area contributed by atoms with Gasteiger partial charge in [0.15, 0.2) is 5.78 Å². The van der Waals surface area contributed by atoms with Gasteiger partial charge in [0.25, 0.3) is 0 Å². The maximum Gasteiger partial charge on any atom is 0.448 e. The number of allylic oxidation sites excluding steroid dienone is 2. The van der Waals surface area contributed by atoms with Crippen LogP contribution in [0.4, 0.5) is 13.2 Å². The number of nitrogens with zero attached hydrogens (tertiary/aromatic N) is 1. The normalized spacial score (nSPS) is 12.6. The minimum atomic E-state index is -4.83. The van der Waals surface area contributed by atoms with E-state index in [9.17, 15) is 18.0 Å². The Kier molecular flexibility index (Phi) is 11.8. The number of aryl methyl sites for hydroxylation is 2. The first-order chi connectivity index (χ1) is 19.7. The molecule has 0 aliphatic carbocycles. The van der Waals surface area contributed by atoms with Crippen LogP contribution in [0.1, 0.15) is 77.6 Å². The Morgan fingerprint density at radius 2 is 1.59 bits per heavy atom. The van der Waals surface area contributed by atoms with Crippen LogP contribution in [-0.4, -0.2) is 22.1 Å². The van der Waals surface area contributed by atoms with Crippen LogP contribution in [0.25, 0.3) is 32.9 Å². The van der Waals surface area contributed by atoms with Gasteiger partial charge in [0.2, 0.25) is 5.76 Å². The van der Waals surface area contributed by atoms with E-state index in [0.29, 0.717) is 0 Å². The Morgan fingerprint density at radius 3 is 2.14 bits per heavy atom. The van der Waals surface area contributed by atoms with E-state index in [1.807, 2.05) is 0 Å². The van der Waals surface area contributed by atoms with E-state index in [-0.39, 0.29) is 37.0 Å².